The van der Waals surface area contributed by atoms with Crippen LogP contribution in [0.4, 0.5) is 0 Å². The van der Waals surface area contributed by atoms with E-state index >= 15 is 0 Å². The molecule has 2 nitrogen and oxygen atoms in total. The number of carbonyl (C=O) groups excluding carboxylic acids is 1. The van der Waals surface area contributed by atoms with E-state index < -0.39 is 0 Å². The van der Waals surface area contributed by atoms with Crippen molar-refractivity contribution in [3.05, 3.63) is 28.8 Å². The minimum absolute atomic E-state index is 0.397. The van der Waals surface area contributed by atoms with Crippen LogP contribution in [0.1, 0.15) is 19.4 Å². The summed E-state index contributed by atoms with van der Waals surface area (Å²) in [5, 5.41) is 0.651. The average Bonchev–Trinajstić information content (AvgIpc) is 2.10. The Bertz CT molecular complexity index is 321. The Hall–Kier alpha value is -1.02. The second-order valence-electron chi connectivity index (χ2n) is 3.57. The van der Waals surface area contributed by atoms with Crippen LogP contribution >= 0.6 is 11.6 Å². The molecule has 1 aromatic rings. The molecule has 0 saturated carbocycles. The highest BCUT2D eigenvalue weighted by Crippen LogP contribution is 2.24. The maximum atomic E-state index is 10.1. The quantitative estimate of drug-likeness (QED) is 0.717. The van der Waals surface area contributed by atoms with Crippen LogP contribution in [0.5, 0.6) is 5.75 Å². The fourth-order valence-electron chi connectivity index (χ4n) is 1.26. The van der Waals surface area contributed by atoms with Gasteiger partial charge in [0.15, 0.2) is 0 Å². The molecule has 0 amide bonds. The van der Waals surface area contributed by atoms with Crippen molar-refractivity contribution in [3.8, 4) is 5.75 Å². The Morgan fingerprint density at radius 3 is 2.71 bits per heavy atom. The monoisotopic (exact) mass is 212 g/mol. The molecule has 0 aliphatic heterocycles. The molecule has 76 valence electrons. The molecule has 1 rings (SSSR count). The minimum atomic E-state index is 0.397. The number of hydrogen-bond donors (Lipinski definition) is 0. The zero-order valence-electron chi connectivity index (χ0n) is 8.29. The summed E-state index contributed by atoms with van der Waals surface area (Å²) < 4.78 is 4.68. The molecule has 0 N–H and O–H groups in total. The van der Waals surface area contributed by atoms with Crippen molar-refractivity contribution in [2.24, 2.45) is 5.92 Å². The summed E-state index contributed by atoms with van der Waals surface area (Å²) in [7, 11) is 0. The lowest BCUT2D eigenvalue weighted by atomic mass is 10.0. The summed E-state index contributed by atoms with van der Waals surface area (Å²) in [5.74, 6) is 1.04. The van der Waals surface area contributed by atoms with Crippen LogP contribution in [-0.2, 0) is 11.2 Å². The van der Waals surface area contributed by atoms with Crippen LogP contribution in [0, 0.1) is 5.92 Å². The van der Waals surface area contributed by atoms with Crippen molar-refractivity contribution >= 4 is 18.1 Å². The lowest BCUT2D eigenvalue weighted by Crippen LogP contribution is -1.96. The Balaban J connectivity index is 2.83. The second-order valence-corrected chi connectivity index (χ2v) is 3.97. The van der Waals surface area contributed by atoms with Gasteiger partial charge >= 0.3 is 0 Å². The summed E-state index contributed by atoms with van der Waals surface area (Å²) in [6.45, 7) is 4.66. The van der Waals surface area contributed by atoms with Gasteiger partial charge in [-0.1, -0.05) is 31.5 Å². The van der Waals surface area contributed by atoms with Crippen LogP contribution in [0.25, 0.3) is 0 Å². The number of hydrogen-bond acceptors (Lipinski definition) is 2. The molecule has 3 heteroatoms. The molecular formula is C11H13ClO2. The predicted molar refractivity (Wildman–Crippen MR) is 56.7 cm³/mol. The van der Waals surface area contributed by atoms with E-state index in [4.69, 9.17) is 11.6 Å². The van der Waals surface area contributed by atoms with Gasteiger partial charge in [-0.05, 0) is 30.0 Å². The molecule has 0 atom stereocenters. The fourth-order valence-corrected chi connectivity index (χ4v) is 1.51. The van der Waals surface area contributed by atoms with Crippen LogP contribution in [0.15, 0.2) is 18.2 Å². The zero-order chi connectivity index (χ0) is 10.6. The molecule has 0 bridgehead atoms. The van der Waals surface area contributed by atoms with Gasteiger partial charge in [0.25, 0.3) is 6.47 Å². The van der Waals surface area contributed by atoms with E-state index in [9.17, 15) is 4.79 Å². The van der Waals surface area contributed by atoms with Gasteiger partial charge in [0.1, 0.15) is 5.75 Å². The smallest absolute Gasteiger partial charge is 0.298 e. The van der Waals surface area contributed by atoms with Crippen LogP contribution in [0.2, 0.25) is 5.02 Å². The molecule has 0 aliphatic rings. The summed E-state index contributed by atoms with van der Waals surface area (Å²) in [6.07, 6.45) is 0.931. The second kappa shape index (κ2) is 5.01. The highest BCUT2D eigenvalue weighted by Gasteiger charge is 2.04. The third kappa shape index (κ3) is 3.04. The van der Waals surface area contributed by atoms with E-state index in [-0.39, 0.29) is 0 Å². The van der Waals surface area contributed by atoms with Crippen molar-refractivity contribution in [2.75, 3.05) is 0 Å². The van der Waals surface area contributed by atoms with Gasteiger partial charge in [-0.25, -0.2) is 0 Å². The Kier molecular flexibility index (Phi) is 3.96. The Morgan fingerprint density at radius 1 is 1.50 bits per heavy atom. The third-order valence-corrected chi connectivity index (χ3v) is 2.19. The number of ether oxygens (including phenoxy) is 1. The van der Waals surface area contributed by atoms with E-state index in [2.05, 4.69) is 18.6 Å². The Labute approximate surface area is 88.8 Å². The number of halogens is 1. The van der Waals surface area contributed by atoms with Gasteiger partial charge < -0.3 is 4.74 Å². The van der Waals surface area contributed by atoms with Crippen molar-refractivity contribution in [3.63, 3.8) is 0 Å². The van der Waals surface area contributed by atoms with Crippen molar-refractivity contribution in [2.45, 2.75) is 20.3 Å². The molecule has 0 saturated heterocycles. The van der Waals surface area contributed by atoms with Gasteiger partial charge in [-0.2, -0.15) is 0 Å². The third-order valence-electron chi connectivity index (χ3n) is 1.84. The molecular weight excluding hydrogens is 200 g/mol. The normalized spacial score (nSPS) is 10.3. The number of carbonyl (C=O) groups is 1. The first kappa shape index (κ1) is 11.1. The van der Waals surface area contributed by atoms with E-state index in [0.717, 1.165) is 12.0 Å². The summed E-state index contributed by atoms with van der Waals surface area (Å²) in [5.41, 5.74) is 1.08. The van der Waals surface area contributed by atoms with Gasteiger partial charge in [0.2, 0.25) is 0 Å². The highest BCUT2D eigenvalue weighted by molar-refractivity contribution is 6.31. The molecule has 0 aliphatic carbocycles. The number of benzene rings is 1. The lowest BCUT2D eigenvalue weighted by Gasteiger charge is -2.07. The summed E-state index contributed by atoms with van der Waals surface area (Å²) >= 11 is 6.01. The van der Waals surface area contributed by atoms with E-state index in [1.54, 1.807) is 12.1 Å². The predicted octanol–water partition coefficient (Wildman–Crippen LogP) is 3.07. The highest BCUT2D eigenvalue weighted by atomic mass is 35.5. The fraction of sp³-hybridized carbons (Fsp3) is 0.364. The van der Waals surface area contributed by atoms with Gasteiger partial charge in [-0.3, -0.25) is 4.79 Å². The van der Waals surface area contributed by atoms with Crippen LogP contribution < -0.4 is 4.74 Å². The average molecular weight is 213 g/mol. The summed E-state index contributed by atoms with van der Waals surface area (Å²) in [4.78, 5) is 10.1. The van der Waals surface area contributed by atoms with E-state index in [1.807, 2.05) is 6.07 Å². The largest absolute Gasteiger partial charge is 0.429 e. The molecule has 0 fully saturated rings. The zero-order valence-corrected chi connectivity index (χ0v) is 9.04. The first-order valence-electron chi connectivity index (χ1n) is 4.52. The lowest BCUT2D eigenvalue weighted by molar-refractivity contribution is -0.120. The molecule has 0 aromatic heterocycles. The van der Waals surface area contributed by atoms with Crippen molar-refractivity contribution in [1.82, 2.24) is 0 Å². The van der Waals surface area contributed by atoms with Gasteiger partial charge in [0, 0.05) is 5.02 Å². The van der Waals surface area contributed by atoms with E-state index in [1.165, 1.54) is 0 Å². The SMILES string of the molecule is CC(C)Cc1ccc(OC=O)cc1Cl. The first-order valence-corrected chi connectivity index (χ1v) is 4.90. The van der Waals surface area contributed by atoms with Crippen molar-refractivity contribution < 1.29 is 9.53 Å². The van der Waals surface area contributed by atoms with Gasteiger partial charge in [0.05, 0.1) is 0 Å². The maximum Gasteiger partial charge on any atom is 0.298 e. The standard InChI is InChI=1S/C11H13ClO2/c1-8(2)5-9-3-4-10(14-7-13)6-11(9)12/h3-4,6-8H,5H2,1-2H3. The molecule has 0 unspecified atom stereocenters. The minimum Gasteiger partial charge on any atom is -0.429 e. The molecule has 0 radical (unpaired) electrons. The number of rotatable bonds is 4. The topological polar surface area (TPSA) is 26.3 Å². The molecule has 0 heterocycles. The van der Waals surface area contributed by atoms with E-state index in [0.29, 0.717) is 23.2 Å². The maximum absolute atomic E-state index is 10.1. The summed E-state index contributed by atoms with van der Waals surface area (Å²) in [6, 6.07) is 5.30. The van der Waals surface area contributed by atoms with Gasteiger partial charge in [-0.15, -0.1) is 0 Å². The Morgan fingerprint density at radius 2 is 2.21 bits per heavy atom. The first-order chi connectivity index (χ1) is 6.63. The van der Waals surface area contributed by atoms with Crippen molar-refractivity contribution in [1.29, 1.82) is 0 Å². The van der Waals surface area contributed by atoms with Crippen LogP contribution in [0.3, 0.4) is 0 Å². The molecule has 1 aromatic carbocycles. The molecule has 14 heavy (non-hydrogen) atoms. The van der Waals surface area contributed by atoms with Crippen LogP contribution in [-0.4, -0.2) is 6.47 Å². The molecule has 0 spiro atoms.